The van der Waals surface area contributed by atoms with Gasteiger partial charge in [-0.2, -0.15) is 0 Å². The lowest BCUT2D eigenvalue weighted by Gasteiger charge is -2.28. The fraction of sp³-hybridized carbons (Fsp3) is 0.407. The van der Waals surface area contributed by atoms with Gasteiger partial charge >= 0.3 is 0 Å². The molecule has 9 heteroatoms. The van der Waals surface area contributed by atoms with E-state index in [9.17, 15) is 14.7 Å². The number of aliphatic hydroxyl groups is 1. The number of ketones is 1. The smallest absolute Gasteiger partial charge is 0.295 e. The van der Waals surface area contributed by atoms with Crippen LogP contribution in [0.2, 0.25) is 10.0 Å². The summed E-state index contributed by atoms with van der Waals surface area (Å²) >= 11 is 12.5. The van der Waals surface area contributed by atoms with Gasteiger partial charge in [-0.15, -0.1) is 0 Å². The van der Waals surface area contributed by atoms with Crippen LogP contribution in [0.25, 0.3) is 5.76 Å². The number of rotatable bonds is 10. The van der Waals surface area contributed by atoms with Gasteiger partial charge in [0.25, 0.3) is 11.7 Å². The molecule has 1 amide bonds. The number of methoxy groups -OCH3 is 1. The molecule has 3 rings (SSSR count). The maximum Gasteiger partial charge on any atom is 0.295 e. The van der Waals surface area contributed by atoms with Gasteiger partial charge in [-0.1, -0.05) is 49.2 Å². The van der Waals surface area contributed by atoms with Crippen molar-refractivity contribution >= 4 is 40.7 Å². The van der Waals surface area contributed by atoms with Gasteiger partial charge in [-0.25, -0.2) is 0 Å². The van der Waals surface area contributed by atoms with Crippen LogP contribution in [0, 0.1) is 0 Å². The summed E-state index contributed by atoms with van der Waals surface area (Å²) in [5.74, 6) is -1.12. The van der Waals surface area contributed by atoms with Gasteiger partial charge < -0.3 is 24.4 Å². The molecule has 0 saturated carbocycles. The van der Waals surface area contributed by atoms with Crippen molar-refractivity contribution in [1.82, 2.24) is 9.80 Å². The molecule has 1 aliphatic heterocycles. The lowest BCUT2D eigenvalue weighted by molar-refractivity contribution is -0.140. The number of aliphatic hydroxyl groups excluding tert-OH is 1. The summed E-state index contributed by atoms with van der Waals surface area (Å²) in [4.78, 5) is 30.3. The van der Waals surface area contributed by atoms with Gasteiger partial charge in [-0.3, -0.25) is 9.59 Å². The van der Waals surface area contributed by atoms with Gasteiger partial charge in [0.2, 0.25) is 0 Å². The Labute approximate surface area is 222 Å². The monoisotopic (exact) mass is 534 g/mol. The Balaban J connectivity index is 2.21. The number of carbonyl (C=O) groups excluding carboxylic acids is 2. The highest BCUT2D eigenvalue weighted by molar-refractivity contribution is 6.46. The molecule has 0 bridgehead atoms. The van der Waals surface area contributed by atoms with E-state index in [1.807, 2.05) is 39.8 Å². The summed E-state index contributed by atoms with van der Waals surface area (Å²) in [6, 6.07) is 9.31. The van der Waals surface area contributed by atoms with E-state index in [1.54, 1.807) is 12.1 Å². The normalized spacial score (nSPS) is 17.4. The fourth-order valence-electron chi connectivity index (χ4n) is 4.37. The molecule has 1 heterocycles. The predicted octanol–water partition coefficient (Wildman–Crippen LogP) is 5.55. The summed E-state index contributed by atoms with van der Waals surface area (Å²) in [5.41, 5.74) is 0.717. The number of hydrogen-bond donors (Lipinski definition) is 1. The molecule has 1 aliphatic rings. The molecular formula is C27H32Cl2N2O5. The van der Waals surface area contributed by atoms with E-state index in [2.05, 4.69) is 4.90 Å². The minimum absolute atomic E-state index is 0.0575. The molecule has 2 aromatic rings. The van der Waals surface area contributed by atoms with Crippen LogP contribution in [-0.4, -0.2) is 66.0 Å². The third-order valence-electron chi connectivity index (χ3n) is 6.10. The molecule has 1 atom stereocenters. The zero-order valence-corrected chi connectivity index (χ0v) is 22.7. The summed E-state index contributed by atoms with van der Waals surface area (Å²) in [6.45, 7) is 10.4. The first-order valence-electron chi connectivity index (χ1n) is 11.9. The second-order valence-electron chi connectivity index (χ2n) is 8.73. The predicted molar refractivity (Wildman–Crippen MR) is 142 cm³/mol. The Kier molecular flexibility index (Phi) is 9.28. The second kappa shape index (κ2) is 12.0. The highest BCUT2D eigenvalue weighted by Crippen LogP contribution is 2.43. The lowest BCUT2D eigenvalue weighted by Crippen LogP contribution is -2.38. The molecule has 0 spiro atoms. The molecule has 194 valence electrons. The lowest BCUT2D eigenvalue weighted by atomic mass is 9.94. The average molecular weight is 535 g/mol. The molecule has 7 nitrogen and oxygen atoms in total. The van der Waals surface area contributed by atoms with Crippen molar-refractivity contribution in [3.05, 3.63) is 63.1 Å². The van der Waals surface area contributed by atoms with Crippen molar-refractivity contribution < 1.29 is 24.2 Å². The van der Waals surface area contributed by atoms with Crippen molar-refractivity contribution in [2.45, 2.75) is 39.8 Å². The van der Waals surface area contributed by atoms with Crippen molar-refractivity contribution in [3.63, 3.8) is 0 Å². The van der Waals surface area contributed by atoms with Crippen LogP contribution in [0.15, 0.2) is 42.0 Å². The Morgan fingerprint density at radius 1 is 1.14 bits per heavy atom. The van der Waals surface area contributed by atoms with Gasteiger partial charge in [0.15, 0.2) is 0 Å². The average Bonchev–Trinajstić information content (AvgIpc) is 3.08. The largest absolute Gasteiger partial charge is 0.507 e. The Morgan fingerprint density at radius 3 is 2.44 bits per heavy atom. The molecule has 0 aromatic heterocycles. The third-order valence-corrected chi connectivity index (χ3v) is 6.60. The number of carbonyl (C=O) groups is 2. The molecule has 2 aromatic carbocycles. The van der Waals surface area contributed by atoms with Crippen LogP contribution in [0.4, 0.5) is 0 Å². The number of nitrogens with zero attached hydrogens (tertiary/aromatic N) is 2. The number of likely N-dealkylation sites (N-methyl/N-ethyl adjacent to an activating group) is 1. The molecule has 1 fully saturated rings. The molecular weight excluding hydrogens is 503 g/mol. The molecule has 0 aliphatic carbocycles. The summed E-state index contributed by atoms with van der Waals surface area (Å²) in [5, 5.41) is 11.9. The van der Waals surface area contributed by atoms with E-state index in [0.717, 1.165) is 13.1 Å². The Bertz CT molecular complexity index is 1160. The first kappa shape index (κ1) is 27.8. The van der Waals surface area contributed by atoms with E-state index >= 15 is 0 Å². The second-order valence-corrected chi connectivity index (χ2v) is 9.57. The minimum Gasteiger partial charge on any atom is -0.507 e. The van der Waals surface area contributed by atoms with Gasteiger partial charge in [0, 0.05) is 18.1 Å². The van der Waals surface area contributed by atoms with E-state index in [-0.39, 0.29) is 33.0 Å². The summed E-state index contributed by atoms with van der Waals surface area (Å²) in [6.07, 6.45) is -0.0628. The van der Waals surface area contributed by atoms with Gasteiger partial charge in [0.05, 0.1) is 35.4 Å². The summed E-state index contributed by atoms with van der Waals surface area (Å²) < 4.78 is 11.2. The van der Waals surface area contributed by atoms with Crippen LogP contribution >= 0.6 is 23.2 Å². The molecule has 1 N–H and O–H groups in total. The van der Waals surface area contributed by atoms with E-state index in [4.69, 9.17) is 32.7 Å². The maximum absolute atomic E-state index is 13.4. The number of benzene rings is 2. The Hall–Kier alpha value is -2.74. The first-order valence-corrected chi connectivity index (χ1v) is 12.7. The quantitative estimate of drug-likeness (QED) is 0.244. The molecule has 0 radical (unpaired) electrons. The number of hydrogen-bond acceptors (Lipinski definition) is 6. The van der Waals surface area contributed by atoms with Gasteiger partial charge in [-0.05, 0) is 56.8 Å². The zero-order chi connectivity index (χ0) is 26.6. The van der Waals surface area contributed by atoms with Crippen LogP contribution in [-0.2, 0) is 9.59 Å². The molecule has 1 saturated heterocycles. The number of halogens is 2. The van der Waals surface area contributed by atoms with Crippen molar-refractivity contribution in [2.75, 3.05) is 33.3 Å². The molecule has 36 heavy (non-hydrogen) atoms. The van der Waals surface area contributed by atoms with Crippen molar-refractivity contribution in [1.29, 1.82) is 0 Å². The first-order chi connectivity index (χ1) is 17.1. The van der Waals surface area contributed by atoms with Crippen LogP contribution < -0.4 is 9.47 Å². The third kappa shape index (κ3) is 5.80. The Morgan fingerprint density at radius 2 is 1.83 bits per heavy atom. The number of Topliss-reactive ketones (excluding diaryl/α,β-unsaturated/α-hetero) is 1. The minimum atomic E-state index is -0.835. The topological polar surface area (TPSA) is 79.3 Å². The fourth-order valence-corrected chi connectivity index (χ4v) is 4.94. The van der Waals surface area contributed by atoms with Crippen LogP contribution in [0.1, 0.15) is 44.9 Å². The van der Waals surface area contributed by atoms with Crippen LogP contribution in [0.3, 0.4) is 0 Å². The zero-order valence-electron chi connectivity index (χ0n) is 21.2. The van der Waals surface area contributed by atoms with Crippen LogP contribution in [0.5, 0.6) is 11.5 Å². The summed E-state index contributed by atoms with van der Waals surface area (Å²) in [7, 11) is 1.40. The highest BCUT2D eigenvalue weighted by atomic mass is 35.5. The number of likely N-dealkylation sites (tertiary alicyclic amines) is 1. The van der Waals surface area contributed by atoms with E-state index in [1.165, 1.54) is 24.1 Å². The number of ether oxygens (including phenoxy) is 2. The number of amides is 1. The standard InChI is InChI=1S/C27H32Cl2N2O5/c1-6-30(7-2)11-12-31-23(17-9-8-10-19(13-17)36-16(3)4)22(25(33)27(31)34)24(32)20-14-18(28)15-21(29)26(20)35-5/h8-10,13-16,23,32H,6-7,11-12H2,1-5H3/b24-22+. The maximum atomic E-state index is 13.4. The van der Waals surface area contributed by atoms with Crippen molar-refractivity contribution in [3.8, 4) is 11.5 Å². The highest BCUT2D eigenvalue weighted by Gasteiger charge is 2.46. The SMILES string of the molecule is CCN(CC)CCN1C(=O)C(=O)/C(=C(/O)c2cc(Cl)cc(Cl)c2OC)C1c1cccc(OC(C)C)c1. The van der Waals surface area contributed by atoms with Crippen molar-refractivity contribution in [2.24, 2.45) is 0 Å². The van der Waals surface area contributed by atoms with Gasteiger partial charge in [0.1, 0.15) is 17.3 Å². The van der Waals surface area contributed by atoms with E-state index in [0.29, 0.717) is 24.4 Å². The van der Waals surface area contributed by atoms with E-state index < -0.39 is 23.5 Å². The molecule has 1 unspecified atom stereocenters.